The molecule has 1 saturated heterocycles. The van der Waals surface area contributed by atoms with Crippen molar-refractivity contribution >= 4 is 25.8 Å². The van der Waals surface area contributed by atoms with Crippen LogP contribution in [0.2, 0.25) is 0 Å². The Balaban J connectivity index is 1.92. The van der Waals surface area contributed by atoms with Crippen LogP contribution in [0.25, 0.3) is 0 Å². The molecule has 25 heavy (non-hydrogen) atoms. The van der Waals surface area contributed by atoms with Crippen molar-refractivity contribution in [3.63, 3.8) is 0 Å². The van der Waals surface area contributed by atoms with Crippen molar-refractivity contribution in [2.24, 2.45) is 0 Å². The van der Waals surface area contributed by atoms with Gasteiger partial charge in [0.05, 0.1) is 4.90 Å². The Hall–Kier alpha value is -1.21. The molecule has 6 heteroatoms. The van der Waals surface area contributed by atoms with E-state index in [2.05, 4.69) is 33.1 Å². The summed E-state index contributed by atoms with van der Waals surface area (Å²) in [5, 5.41) is 2.67. The topological polar surface area (TPSA) is 49.4 Å². The van der Waals surface area contributed by atoms with Crippen LogP contribution in [0.3, 0.4) is 0 Å². The maximum Gasteiger partial charge on any atom is 0.195 e. The second-order valence-electron chi connectivity index (χ2n) is 6.48. The molecule has 0 spiro atoms. The third-order valence-electron chi connectivity index (χ3n) is 4.79. The van der Waals surface area contributed by atoms with E-state index in [0.717, 1.165) is 22.1 Å². The van der Waals surface area contributed by atoms with Crippen molar-refractivity contribution in [2.45, 2.75) is 30.2 Å². The minimum Gasteiger partial charge on any atom is -0.313 e. The van der Waals surface area contributed by atoms with Gasteiger partial charge in [-0.1, -0.05) is 45.8 Å². The quantitative estimate of drug-likeness (QED) is 0.818. The van der Waals surface area contributed by atoms with Gasteiger partial charge in [0.15, 0.2) is 9.84 Å². The van der Waals surface area contributed by atoms with E-state index in [0.29, 0.717) is 18.0 Å². The molecular weight excluding hydrogens is 400 g/mol. The van der Waals surface area contributed by atoms with Crippen molar-refractivity contribution in [2.75, 3.05) is 19.6 Å². The number of sulfone groups is 1. The normalized spacial score (nSPS) is 20.4. The zero-order valence-corrected chi connectivity index (χ0v) is 16.8. The lowest BCUT2D eigenvalue weighted by Gasteiger charge is -2.39. The average molecular weight is 423 g/mol. The molecule has 1 aliphatic rings. The van der Waals surface area contributed by atoms with E-state index in [1.54, 1.807) is 12.1 Å². The predicted molar refractivity (Wildman–Crippen MR) is 104 cm³/mol. The minimum atomic E-state index is -3.43. The molecule has 1 aliphatic heterocycles. The second kappa shape index (κ2) is 7.58. The summed E-state index contributed by atoms with van der Waals surface area (Å²) in [6.45, 7) is 5.97. The number of hydrogen-bond acceptors (Lipinski definition) is 4. The molecule has 2 aromatic rings. The zero-order chi connectivity index (χ0) is 18.0. The SMILES string of the molecule is Cc1ccc(S(=O)(=O)C2CNCCN2C(C)c2ccc(Br)cc2)cc1. The highest BCUT2D eigenvalue weighted by molar-refractivity contribution is 9.10. The van der Waals surface area contributed by atoms with E-state index in [-0.39, 0.29) is 6.04 Å². The van der Waals surface area contributed by atoms with Crippen LogP contribution in [0.15, 0.2) is 57.9 Å². The summed E-state index contributed by atoms with van der Waals surface area (Å²) in [4.78, 5) is 2.48. The monoisotopic (exact) mass is 422 g/mol. The standard InChI is InChI=1S/C19H23BrN2O2S/c1-14-3-9-18(10-4-14)25(23,24)19-13-21-11-12-22(19)15(2)16-5-7-17(20)8-6-16/h3-10,15,19,21H,11-13H2,1-2H3. The second-order valence-corrected chi connectivity index (χ2v) is 9.50. The fourth-order valence-corrected chi connectivity index (χ4v) is 5.32. The van der Waals surface area contributed by atoms with E-state index in [9.17, 15) is 8.42 Å². The van der Waals surface area contributed by atoms with Crippen LogP contribution < -0.4 is 5.32 Å². The number of nitrogens with one attached hydrogen (secondary N) is 1. The molecular formula is C19H23BrN2O2S. The van der Waals surface area contributed by atoms with Gasteiger partial charge in [-0.3, -0.25) is 4.90 Å². The number of nitrogens with zero attached hydrogens (tertiary/aromatic N) is 1. The first-order valence-corrected chi connectivity index (χ1v) is 10.8. The van der Waals surface area contributed by atoms with E-state index < -0.39 is 15.2 Å². The largest absolute Gasteiger partial charge is 0.313 e. The molecule has 1 fully saturated rings. The maximum absolute atomic E-state index is 13.2. The third-order valence-corrected chi connectivity index (χ3v) is 7.40. The van der Waals surface area contributed by atoms with Crippen molar-refractivity contribution in [3.8, 4) is 0 Å². The van der Waals surface area contributed by atoms with Crippen LogP contribution in [-0.2, 0) is 9.84 Å². The highest BCUT2D eigenvalue weighted by Crippen LogP contribution is 2.29. The zero-order valence-electron chi connectivity index (χ0n) is 14.4. The molecule has 4 nitrogen and oxygen atoms in total. The van der Waals surface area contributed by atoms with Gasteiger partial charge in [0.2, 0.25) is 0 Å². The third kappa shape index (κ3) is 3.97. The van der Waals surface area contributed by atoms with Crippen molar-refractivity contribution in [1.82, 2.24) is 10.2 Å². The predicted octanol–water partition coefficient (Wildman–Crippen LogP) is 3.52. The van der Waals surface area contributed by atoms with Crippen molar-refractivity contribution < 1.29 is 8.42 Å². The van der Waals surface area contributed by atoms with Crippen LogP contribution in [0, 0.1) is 6.92 Å². The lowest BCUT2D eigenvalue weighted by atomic mass is 10.1. The number of halogens is 1. The summed E-state index contributed by atoms with van der Waals surface area (Å²) in [5.41, 5.74) is 2.18. The maximum atomic E-state index is 13.2. The molecule has 2 aromatic carbocycles. The number of rotatable bonds is 4. The Bertz CT molecular complexity index is 820. The van der Waals surface area contributed by atoms with Gasteiger partial charge in [0, 0.05) is 30.1 Å². The fraction of sp³-hybridized carbons (Fsp3) is 0.368. The first-order valence-electron chi connectivity index (χ1n) is 8.42. The van der Waals surface area contributed by atoms with Crippen LogP contribution in [0.5, 0.6) is 0 Å². The summed E-state index contributed by atoms with van der Waals surface area (Å²) in [5.74, 6) is 0. The Labute approximate surface area is 158 Å². The van der Waals surface area contributed by atoms with Crippen molar-refractivity contribution in [1.29, 1.82) is 0 Å². The number of benzene rings is 2. The summed E-state index contributed by atoms with van der Waals surface area (Å²) in [6, 6.07) is 15.2. The molecule has 3 rings (SSSR count). The van der Waals surface area contributed by atoms with Gasteiger partial charge < -0.3 is 5.32 Å². The van der Waals surface area contributed by atoms with Gasteiger partial charge in [-0.25, -0.2) is 8.42 Å². The summed E-state index contributed by atoms with van der Waals surface area (Å²) in [7, 11) is -3.43. The van der Waals surface area contributed by atoms with Gasteiger partial charge >= 0.3 is 0 Å². The molecule has 1 N–H and O–H groups in total. The first-order chi connectivity index (χ1) is 11.9. The Morgan fingerprint density at radius 3 is 2.40 bits per heavy atom. The first kappa shape index (κ1) is 18.6. The molecule has 0 bridgehead atoms. The summed E-state index contributed by atoms with van der Waals surface area (Å²) >= 11 is 3.45. The van der Waals surface area contributed by atoms with E-state index >= 15 is 0 Å². The molecule has 0 saturated carbocycles. The Morgan fingerprint density at radius 1 is 1.12 bits per heavy atom. The number of aryl methyl sites for hydroxylation is 1. The van der Waals surface area contributed by atoms with Crippen LogP contribution in [0.4, 0.5) is 0 Å². The van der Waals surface area contributed by atoms with Gasteiger partial charge in [0.25, 0.3) is 0 Å². The van der Waals surface area contributed by atoms with Crippen LogP contribution in [0.1, 0.15) is 24.1 Å². The molecule has 0 radical (unpaired) electrons. The van der Waals surface area contributed by atoms with E-state index in [1.165, 1.54) is 0 Å². The molecule has 0 aliphatic carbocycles. The molecule has 2 unspecified atom stereocenters. The fourth-order valence-electron chi connectivity index (χ4n) is 3.24. The van der Waals surface area contributed by atoms with Gasteiger partial charge in [-0.05, 0) is 43.7 Å². The van der Waals surface area contributed by atoms with Gasteiger partial charge in [0.1, 0.15) is 5.37 Å². The van der Waals surface area contributed by atoms with E-state index in [1.807, 2.05) is 43.3 Å². The number of piperazine rings is 1. The molecule has 1 heterocycles. The highest BCUT2D eigenvalue weighted by atomic mass is 79.9. The Kier molecular flexibility index (Phi) is 5.63. The van der Waals surface area contributed by atoms with Crippen LogP contribution >= 0.6 is 15.9 Å². The molecule has 0 aromatic heterocycles. The van der Waals surface area contributed by atoms with E-state index in [4.69, 9.17) is 0 Å². The lowest BCUT2D eigenvalue weighted by molar-refractivity contribution is 0.159. The van der Waals surface area contributed by atoms with Crippen LogP contribution in [-0.4, -0.2) is 38.3 Å². The average Bonchev–Trinajstić information content (AvgIpc) is 2.62. The smallest absolute Gasteiger partial charge is 0.195 e. The Morgan fingerprint density at radius 2 is 1.76 bits per heavy atom. The number of hydrogen-bond donors (Lipinski definition) is 1. The molecule has 0 amide bonds. The summed E-state index contributed by atoms with van der Waals surface area (Å²) in [6.07, 6.45) is 0. The van der Waals surface area contributed by atoms with Gasteiger partial charge in [-0.15, -0.1) is 0 Å². The van der Waals surface area contributed by atoms with Crippen molar-refractivity contribution in [3.05, 3.63) is 64.1 Å². The van der Waals surface area contributed by atoms with Gasteiger partial charge in [-0.2, -0.15) is 0 Å². The molecule has 2 atom stereocenters. The minimum absolute atomic E-state index is 0.0282. The molecule has 134 valence electrons. The highest BCUT2D eigenvalue weighted by Gasteiger charge is 2.37. The lowest BCUT2D eigenvalue weighted by Crippen LogP contribution is -2.55. The summed E-state index contributed by atoms with van der Waals surface area (Å²) < 4.78 is 27.4.